The van der Waals surface area contributed by atoms with E-state index in [4.69, 9.17) is 27.9 Å². The third kappa shape index (κ3) is 2.35. The molecule has 0 spiro atoms. The van der Waals surface area contributed by atoms with Crippen molar-refractivity contribution >= 4 is 40.2 Å². The molecule has 94 valence electrons. The van der Waals surface area contributed by atoms with E-state index in [2.05, 4.69) is 4.98 Å². The fraction of sp³-hybridized carbons (Fsp3) is 0.167. The Bertz CT molecular complexity index is 614. The summed E-state index contributed by atoms with van der Waals surface area (Å²) in [7, 11) is 3.17. The maximum absolute atomic E-state index is 11.6. The van der Waals surface area contributed by atoms with E-state index >= 15 is 0 Å². The molecule has 0 saturated heterocycles. The molecule has 0 atom stereocenters. The molecule has 0 radical (unpaired) electrons. The van der Waals surface area contributed by atoms with Gasteiger partial charge in [0.1, 0.15) is 5.52 Å². The van der Waals surface area contributed by atoms with Gasteiger partial charge in [0.05, 0.1) is 10.0 Å². The van der Waals surface area contributed by atoms with Gasteiger partial charge in [-0.05, 0) is 18.2 Å². The zero-order chi connectivity index (χ0) is 13.3. The minimum absolute atomic E-state index is 0.218. The van der Waals surface area contributed by atoms with Crippen molar-refractivity contribution in [2.24, 2.45) is 0 Å². The highest BCUT2D eigenvalue weighted by Crippen LogP contribution is 2.36. The van der Waals surface area contributed by atoms with Gasteiger partial charge in [0, 0.05) is 25.7 Å². The Morgan fingerprint density at radius 2 is 2.06 bits per heavy atom. The molecule has 6 heteroatoms. The maximum Gasteiger partial charge on any atom is 0.414 e. The molecule has 0 aliphatic carbocycles. The Morgan fingerprint density at radius 3 is 2.72 bits per heavy atom. The monoisotopic (exact) mass is 284 g/mol. The Morgan fingerprint density at radius 1 is 1.33 bits per heavy atom. The smallest absolute Gasteiger partial charge is 0.406 e. The van der Waals surface area contributed by atoms with Crippen molar-refractivity contribution in [1.29, 1.82) is 0 Å². The van der Waals surface area contributed by atoms with Crippen LogP contribution in [0, 0.1) is 0 Å². The highest BCUT2D eigenvalue weighted by molar-refractivity contribution is 6.39. The fourth-order valence-electron chi connectivity index (χ4n) is 1.42. The van der Waals surface area contributed by atoms with Crippen LogP contribution in [0.4, 0.5) is 4.79 Å². The number of hydrogen-bond donors (Lipinski definition) is 0. The van der Waals surface area contributed by atoms with Crippen LogP contribution >= 0.6 is 23.2 Å². The van der Waals surface area contributed by atoms with Crippen LogP contribution in [0.3, 0.4) is 0 Å². The fourth-order valence-corrected chi connectivity index (χ4v) is 1.98. The van der Waals surface area contributed by atoms with Crippen molar-refractivity contribution in [2.45, 2.75) is 0 Å². The first-order valence-electron chi connectivity index (χ1n) is 5.12. The minimum atomic E-state index is -0.522. The molecule has 0 bridgehead atoms. The summed E-state index contributed by atoms with van der Waals surface area (Å²) in [6.07, 6.45) is 1.06. The zero-order valence-electron chi connectivity index (χ0n) is 9.78. The number of fused-ring (bicyclic) bond motifs is 1. The second-order valence-electron chi connectivity index (χ2n) is 3.83. The van der Waals surface area contributed by atoms with E-state index in [0.717, 1.165) is 0 Å². The van der Waals surface area contributed by atoms with Gasteiger partial charge < -0.3 is 9.64 Å². The number of carbonyl (C=O) groups is 1. The first-order valence-corrected chi connectivity index (χ1v) is 5.88. The summed E-state index contributed by atoms with van der Waals surface area (Å²) in [5.41, 5.74) is 0.463. The van der Waals surface area contributed by atoms with E-state index in [-0.39, 0.29) is 10.8 Å². The molecule has 4 nitrogen and oxygen atoms in total. The molecule has 2 aromatic rings. The van der Waals surface area contributed by atoms with Gasteiger partial charge in [0.2, 0.25) is 0 Å². The number of pyridine rings is 1. The molecular formula is C12H10Cl2N2O2. The molecule has 0 aliphatic heterocycles. The first-order chi connectivity index (χ1) is 8.50. The van der Waals surface area contributed by atoms with Gasteiger partial charge in [-0.15, -0.1) is 0 Å². The molecular weight excluding hydrogens is 275 g/mol. The Labute approximate surface area is 114 Å². The van der Waals surface area contributed by atoms with E-state index < -0.39 is 6.09 Å². The zero-order valence-corrected chi connectivity index (χ0v) is 11.3. The highest BCUT2D eigenvalue weighted by atomic mass is 35.5. The van der Waals surface area contributed by atoms with Crippen LogP contribution < -0.4 is 4.74 Å². The number of nitrogens with zero attached hydrogens (tertiary/aromatic N) is 2. The third-order valence-electron chi connectivity index (χ3n) is 2.30. The predicted molar refractivity (Wildman–Crippen MR) is 71.5 cm³/mol. The van der Waals surface area contributed by atoms with Crippen LogP contribution in [0.1, 0.15) is 0 Å². The molecule has 1 aromatic carbocycles. The molecule has 0 fully saturated rings. The summed E-state index contributed by atoms with van der Waals surface area (Å²) in [6, 6.07) is 5.07. The van der Waals surface area contributed by atoms with Crippen molar-refractivity contribution in [2.75, 3.05) is 14.1 Å². The summed E-state index contributed by atoms with van der Waals surface area (Å²) >= 11 is 12.1. The molecule has 0 N–H and O–H groups in total. The molecule has 0 saturated carbocycles. The Kier molecular flexibility index (Phi) is 3.59. The van der Waals surface area contributed by atoms with E-state index in [1.54, 1.807) is 32.4 Å². The van der Waals surface area contributed by atoms with Gasteiger partial charge in [0.15, 0.2) is 5.75 Å². The lowest BCUT2D eigenvalue weighted by Gasteiger charge is -2.13. The molecule has 0 unspecified atom stereocenters. The second kappa shape index (κ2) is 5.00. The quantitative estimate of drug-likeness (QED) is 0.804. The molecule has 1 aromatic heterocycles. The van der Waals surface area contributed by atoms with Gasteiger partial charge >= 0.3 is 6.09 Å². The number of carbonyl (C=O) groups excluding carboxylic acids is 1. The minimum Gasteiger partial charge on any atom is -0.406 e. The highest BCUT2D eigenvalue weighted by Gasteiger charge is 2.16. The van der Waals surface area contributed by atoms with Gasteiger partial charge in [-0.25, -0.2) is 4.79 Å². The van der Waals surface area contributed by atoms with Gasteiger partial charge in [0.25, 0.3) is 0 Å². The van der Waals surface area contributed by atoms with Crippen molar-refractivity contribution in [3.05, 3.63) is 34.4 Å². The van der Waals surface area contributed by atoms with Gasteiger partial charge in [-0.2, -0.15) is 0 Å². The number of amides is 1. The second-order valence-corrected chi connectivity index (χ2v) is 4.65. The van der Waals surface area contributed by atoms with Crippen LogP contribution in [0.25, 0.3) is 10.9 Å². The van der Waals surface area contributed by atoms with E-state index in [1.165, 1.54) is 11.0 Å². The Hall–Kier alpha value is -1.52. The van der Waals surface area contributed by atoms with Crippen molar-refractivity contribution in [3.8, 4) is 5.75 Å². The topological polar surface area (TPSA) is 42.4 Å². The van der Waals surface area contributed by atoms with Crippen LogP contribution in [0.15, 0.2) is 24.4 Å². The largest absolute Gasteiger partial charge is 0.414 e. The van der Waals surface area contributed by atoms with E-state index in [9.17, 15) is 4.79 Å². The average molecular weight is 285 g/mol. The first kappa shape index (κ1) is 12.9. The van der Waals surface area contributed by atoms with Crippen LogP contribution in [-0.2, 0) is 0 Å². The summed E-state index contributed by atoms with van der Waals surface area (Å²) < 4.78 is 5.21. The van der Waals surface area contributed by atoms with Crippen molar-refractivity contribution in [1.82, 2.24) is 9.88 Å². The molecule has 18 heavy (non-hydrogen) atoms. The summed E-state index contributed by atoms with van der Waals surface area (Å²) in [5, 5.41) is 1.40. The number of aromatic nitrogens is 1. The third-order valence-corrected chi connectivity index (χ3v) is 2.90. The number of hydrogen-bond acceptors (Lipinski definition) is 3. The number of benzene rings is 1. The van der Waals surface area contributed by atoms with Crippen molar-refractivity contribution < 1.29 is 9.53 Å². The van der Waals surface area contributed by atoms with E-state index in [1.807, 2.05) is 0 Å². The standard InChI is InChI=1S/C12H10Cl2N2O2/c1-16(2)12(17)18-11-9(14)6-8(13)7-4-3-5-15-10(7)11/h3-6H,1-2H3. The SMILES string of the molecule is CN(C)C(=O)Oc1c(Cl)cc(Cl)c2cccnc12. The molecule has 1 amide bonds. The summed E-state index contributed by atoms with van der Waals surface area (Å²) in [5.74, 6) is 0.218. The number of rotatable bonds is 1. The molecule has 0 aliphatic rings. The Balaban J connectivity index is 2.59. The average Bonchev–Trinajstić information content (AvgIpc) is 2.34. The molecule has 2 rings (SSSR count). The predicted octanol–water partition coefficient (Wildman–Crippen LogP) is 3.60. The summed E-state index contributed by atoms with van der Waals surface area (Å²) in [4.78, 5) is 17.0. The lowest BCUT2D eigenvalue weighted by molar-refractivity contribution is 0.172. The lowest BCUT2D eigenvalue weighted by Crippen LogP contribution is -2.25. The van der Waals surface area contributed by atoms with Crippen LogP contribution in [-0.4, -0.2) is 30.1 Å². The lowest BCUT2D eigenvalue weighted by atomic mass is 10.2. The van der Waals surface area contributed by atoms with Crippen LogP contribution in [0.5, 0.6) is 5.75 Å². The maximum atomic E-state index is 11.6. The van der Waals surface area contributed by atoms with E-state index in [0.29, 0.717) is 15.9 Å². The molecule has 1 heterocycles. The summed E-state index contributed by atoms with van der Waals surface area (Å²) in [6.45, 7) is 0. The normalized spacial score (nSPS) is 10.4. The van der Waals surface area contributed by atoms with Gasteiger partial charge in [-0.3, -0.25) is 4.98 Å². The van der Waals surface area contributed by atoms with Crippen LogP contribution in [0.2, 0.25) is 10.0 Å². The van der Waals surface area contributed by atoms with Crippen molar-refractivity contribution in [3.63, 3.8) is 0 Å². The number of ether oxygens (including phenoxy) is 1. The van der Waals surface area contributed by atoms with Gasteiger partial charge in [-0.1, -0.05) is 23.2 Å². The number of halogens is 2.